The molecule has 4 aromatic rings. The van der Waals surface area contributed by atoms with Crippen LogP contribution in [0.15, 0.2) is 77.8 Å². The molecule has 0 amide bonds. The number of nitriles is 1. The number of carbonyl (C=O) groups is 1. The van der Waals surface area contributed by atoms with E-state index in [1.54, 1.807) is 24.3 Å². The van der Waals surface area contributed by atoms with Gasteiger partial charge in [-0.1, -0.05) is 17.7 Å². The Morgan fingerprint density at radius 3 is 2.43 bits per heavy atom. The maximum absolute atomic E-state index is 13.2. The van der Waals surface area contributed by atoms with Crippen LogP contribution in [-0.2, 0) is 29.4 Å². The van der Waals surface area contributed by atoms with Gasteiger partial charge in [0.2, 0.25) is 10.0 Å². The number of piperidine rings is 1. The normalized spacial score (nSPS) is 14.6. The second kappa shape index (κ2) is 14.5. The van der Waals surface area contributed by atoms with Gasteiger partial charge in [0, 0.05) is 46.7 Å². The fourth-order valence-corrected chi connectivity index (χ4v) is 7.07. The van der Waals surface area contributed by atoms with Crippen molar-refractivity contribution >= 4 is 38.3 Å². The maximum Gasteiger partial charge on any atom is 0.240 e. The third-order valence-corrected chi connectivity index (χ3v) is 10.1. The van der Waals surface area contributed by atoms with Gasteiger partial charge in [0.1, 0.15) is 5.82 Å². The van der Waals surface area contributed by atoms with E-state index in [9.17, 15) is 17.6 Å². The molecule has 44 heavy (non-hydrogen) atoms. The van der Waals surface area contributed by atoms with E-state index < -0.39 is 10.0 Å². The number of rotatable bonds is 13. The second-order valence-corrected chi connectivity index (χ2v) is 13.5. The fourth-order valence-electron chi connectivity index (χ4n) is 5.92. The molecule has 0 saturated carbocycles. The first kappa shape index (κ1) is 31.9. The van der Waals surface area contributed by atoms with Crippen LogP contribution in [0.4, 0.5) is 4.39 Å². The molecule has 1 aromatic heterocycles. The van der Waals surface area contributed by atoms with E-state index in [4.69, 9.17) is 16.9 Å². The Morgan fingerprint density at radius 1 is 1.00 bits per heavy atom. The van der Waals surface area contributed by atoms with Crippen molar-refractivity contribution in [3.8, 4) is 6.07 Å². The van der Waals surface area contributed by atoms with E-state index in [1.807, 2.05) is 6.07 Å². The van der Waals surface area contributed by atoms with E-state index in [1.165, 1.54) is 29.8 Å². The van der Waals surface area contributed by atoms with Gasteiger partial charge in [0.05, 0.1) is 17.4 Å². The van der Waals surface area contributed by atoms with Crippen molar-refractivity contribution in [3.63, 3.8) is 0 Å². The van der Waals surface area contributed by atoms with Gasteiger partial charge in [-0.05, 0) is 124 Å². The third-order valence-electron chi connectivity index (χ3n) is 8.33. The maximum atomic E-state index is 13.2. The first-order valence-corrected chi connectivity index (χ1v) is 16.8. The summed E-state index contributed by atoms with van der Waals surface area (Å²) in [5.41, 5.74) is 3.89. The molecule has 1 aliphatic rings. The lowest BCUT2D eigenvalue weighted by Crippen LogP contribution is -2.37. The van der Waals surface area contributed by atoms with Gasteiger partial charge >= 0.3 is 0 Å². The van der Waals surface area contributed by atoms with Crippen LogP contribution in [0.2, 0.25) is 5.02 Å². The largest absolute Gasteiger partial charge is 0.346 e. The fraction of sp³-hybridized carbons (Fsp3) is 0.353. The van der Waals surface area contributed by atoms with Gasteiger partial charge < -0.3 is 9.47 Å². The van der Waals surface area contributed by atoms with Gasteiger partial charge in [0.15, 0.2) is 5.78 Å². The molecule has 0 bridgehead atoms. The van der Waals surface area contributed by atoms with E-state index in [-0.39, 0.29) is 29.0 Å². The van der Waals surface area contributed by atoms with Crippen molar-refractivity contribution in [1.82, 2.24) is 14.2 Å². The predicted octanol–water partition coefficient (Wildman–Crippen LogP) is 6.40. The number of fused-ring (bicyclic) bond motifs is 1. The summed E-state index contributed by atoms with van der Waals surface area (Å²) in [5.74, 6) is -0.259. The van der Waals surface area contributed by atoms with Crippen LogP contribution in [0.1, 0.15) is 47.2 Å². The Labute approximate surface area is 263 Å². The molecule has 1 saturated heterocycles. The van der Waals surface area contributed by atoms with Crippen molar-refractivity contribution in [2.75, 3.05) is 26.2 Å². The van der Waals surface area contributed by atoms with Gasteiger partial charge in [-0.25, -0.2) is 17.5 Å². The Morgan fingerprint density at radius 2 is 1.73 bits per heavy atom. The zero-order chi connectivity index (χ0) is 31.1. The quantitative estimate of drug-likeness (QED) is 0.172. The number of aryl methyl sites for hydroxylation is 2. The number of nitrogens with one attached hydrogen (secondary N) is 1. The van der Waals surface area contributed by atoms with Gasteiger partial charge in [-0.15, -0.1) is 0 Å². The Bertz CT molecular complexity index is 1740. The molecule has 1 N–H and O–H groups in total. The van der Waals surface area contributed by atoms with Crippen molar-refractivity contribution in [2.24, 2.45) is 5.92 Å². The molecule has 10 heteroatoms. The molecule has 2 heterocycles. The average Bonchev–Trinajstić information content (AvgIpc) is 3.37. The minimum atomic E-state index is -3.63. The standard InChI is InChI=1S/C34H36ClFN4O3S/c35-29-7-11-31(12-8-29)44(42,43)38-18-14-25-4-13-33-32(23-25)28(24-40(33)20-2-17-37)3-1-19-39-21-15-27(16-22-39)34(41)26-5-9-30(36)10-6-26/h4-13,23-24,27,38H,1-3,14-16,18-22H2. The highest BCUT2D eigenvalue weighted by atomic mass is 35.5. The summed E-state index contributed by atoms with van der Waals surface area (Å²) < 4.78 is 43.4. The molecular weight excluding hydrogens is 599 g/mol. The van der Waals surface area contributed by atoms with Crippen molar-refractivity contribution in [3.05, 3.63) is 100 Å². The number of likely N-dealkylation sites (tertiary alicyclic amines) is 1. The number of carbonyl (C=O) groups excluding carboxylic acids is 1. The molecule has 0 unspecified atom stereocenters. The summed E-state index contributed by atoms with van der Waals surface area (Å²) in [6.07, 6.45) is 6.53. The lowest BCUT2D eigenvalue weighted by Gasteiger charge is -2.31. The van der Waals surface area contributed by atoms with Crippen molar-refractivity contribution in [1.29, 1.82) is 5.26 Å². The monoisotopic (exact) mass is 634 g/mol. The number of ketones is 1. The van der Waals surface area contributed by atoms with Gasteiger partial charge in [-0.3, -0.25) is 4.79 Å². The first-order valence-electron chi connectivity index (χ1n) is 15.0. The molecule has 1 aliphatic heterocycles. The molecule has 0 aliphatic carbocycles. The first-order chi connectivity index (χ1) is 21.2. The Balaban J connectivity index is 1.18. The van der Waals surface area contributed by atoms with E-state index in [2.05, 4.69) is 38.6 Å². The van der Waals surface area contributed by atoms with E-state index in [0.29, 0.717) is 30.0 Å². The average molecular weight is 635 g/mol. The zero-order valence-electron chi connectivity index (χ0n) is 24.5. The smallest absolute Gasteiger partial charge is 0.240 e. The predicted molar refractivity (Wildman–Crippen MR) is 171 cm³/mol. The highest BCUT2D eigenvalue weighted by Gasteiger charge is 2.25. The molecule has 1 fully saturated rings. The van der Waals surface area contributed by atoms with Gasteiger partial charge in [0.25, 0.3) is 0 Å². The number of halogens is 2. The summed E-state index contributed by atoms with van der Waals surface area (Å²) in [6, 6.07) is 20.4. The number of sulfonamides is 1. The van der Waals surface area contributed by atoms with Crippen molar-refractivity contribution in [2.45, 2.75) is 50.0 Å². The number of aromatic nitrogens is 1. The summed E-state index contributed by atoms with van der Waals surface area (Å²) in [5, 5.41) is 10.8. The van der Waals surface area contributed by atoms with Crippen LogP contribution < -0.4 is 4.72 Å². The number of hydrogen-bond donors (Lipinski definition) is 1. The summed E-state index contributed by atoms with van der Waals surface area (Å²) in [6.45, 7) is 3.52. The number of hydrogen-bond acceptors (Lipinski definition) is 5. The third kappa shape index (κ3) is 7.93. The number of nitrogens with zero attached hydrogens (tertiary/aromatic N) is 3. The molecule has 0 radical (unpaired) electrons. The molecule has 7 nitrogen and oxygen atoms in total. The molecule has 0 atom stereocenters. The lowest BCUT2D eigenvalue weighted by atomic mass is 9.89. The molecule has 0 spiro atoms. The SMILES string of the molecule is N#CCCn1cc(CCCN2CCC(C(=O)c3ccc(F)cc3)CC2)c2cc(CCNS(=O)(=O)c3ccc(Cl)cc3)ccc21. The minimum Gasteiger partial charge on any atom is -0.346 e. The summed E-state index contributed by atoms with van der Waals surface area (Å²) in [4.78, 5) is 15.4. The van der Waals surface area contributed by atoms with Crippen molar-refractivity contribution < 1.29 is 17.6 Å². The van der Waals surface area contributed by atoms with E-state index >= 15 is 0 Å². The highest BCUT2D eigenvalue weighted by Crippen LogP contribution is 2.26. The summed E-state index contributed by atoms with van der Waals surface area (Å²) >= 11 is 5.89. The van der Waals surface area contributed by atoms with Crippen LogP contribution in [-0.4, -0.2) is 49.8 Å². The van der Waals surface area contributed by atoms with Crippen LogP contribution >= 0.6 is 11.6 Å². The van der Waals surface area contributed by atoms with Crippen LogP contribution in [0, 0.1) is 23.1 Å². The molecular formula is C34H36ClFN4O3S. The molecule has 3 aromatic carbocycles. The zero-order valence-corrected chi connectivity index (χ0v) is 26.1. The molecule has 5 rings (SSSR count). The Hall–Kier alpha value is -3.55. The topological polar surface area (TPSA) is 95.2 Å². The highest BCUT2D eigenvalue weighted by molar-refractivity contribution is 7.89. The van der Waals surface area contributed by atoms with Gasteiger partial charge in [-0.2, -0.15) is 5.26 Å². The van der Waals surface area contributed by atoms with Crippen LogP contribution in [0.25, 0.3) is 10.9 Å². The lowest BCUT2D eigenvalue weighted by molar-refractivity contribution is 0.0839. The number of Topliss-reactive ketones (excluding diaryl/α,β-unsaturated/α-hetero) is 1. The Kier molecular flexibility index (Phi) is 10.5. The number of benzene rings is 3. The molecule has 230 valence electrons. The summed E-state index contributed by atoms with van der Waals surface area (Å²) in [7, 11) is -3.63. The van der Waals surface area contributed by atoms with E-state index in [0.717, 1.165) is 61.8 Å². The van der Waals surface area contributed by atoms with Crippen LogP contribution in [0.3, 0.4) is 0 Å². The van der Waals surface area contributed by atoms with Crippen LogP contribution in [0.5, 0.6) is 0 Å². The second-order valence-electron chi connectivity index (χ2n) is 11.3. The minimum absolute atomic E-state index is 0.0242.